The summed E-state index contributed by atoms with van der Waals surface area (Å²) in [7, 11) is 0. The van der Waals surface area contributed by atoms with Gasteiger partial charge in [-0.15, -0.1) is 11.3 Å². The molecule has 1 aromatic heterocycles. The summed E-state index contributed by atoms with van der Waals surface area (Å²) in [5, 5.41) is 3.27. The van der Waals surface area contributed by atoms with Gasteiger partial charge in [-0.05, 0) is 36.8 Å². The highest BCUT2D eigenvalue weighted by molar-refractivity contribution is 7.13. The number of aryl methyl sites for hydroxylation is 1. The summed E-state index contributed by atoms with van der Waals surface area (Å²) in [6.45, 7) is 14.3. The molecule has 38 heavy (non-hydrogen) atoms. The number of nitrogens with one attached hydrogen (secondary N) is 1. The Kier molecular flexibility index (Phi) is 8.53. The average Bonchev–Trinajstić information content (AvgIpc) is 3.62. The van der Waals surface area contributed by atoms with E-state index in [2.05, 4.69) is 23.5 Å². The Labute approximate surface area is 232 Å². The number of rotatable bonds is 9. The van der Waals surface area contributed by atoms with E-state index in [1.807, 2.05) is 50.5 Å². The molecule has 1 saturated heterocycles. The Hall–Kier alpha value is -3.23. The van der Waals surface area contributed by atoms with E-state index < -0.39 is 12.1 Å². The van der Waals surface area contributed by atoms with Crippen molar-refractivity contribution in [3.05, 3.63) is 76.4 Å². The minimum absolute atomic E-state index is 0.162. The molecular formula is C29H33ClN4O3S. The van der Waals surface area contributed by atoms with Crippen LogP contribution < -0.4 is 5.32 Å². The van der Waals surface area contributed by atoms with Crippen molar-refractivity contribution in [2.24, 2.45) is 5.92 Å². The number of hydrogen-bond acceptors (Lipinski definition) is 5. The number of amides is 3. The Bertz CT molecular complexity index is 1300. The van der Waals surface area contributed by atoms with Gasteiger partial charge in [0.15, 0.2) is 0 Å². The number of halogens is 1. The highest BCUT2D eigenvalue weighted by Gasteiger charge is 2.44. The van der Waals surface area contributed by atoms with Crippen molar-refractivity contribution in [3.63, 3.8) is 0 Å². The molecule has 1 aromatic carbocycles. The smallest absolute Gasteiger partial charge is 0.255 e. The van der Waals surface area contributed by atoms with Crippen molar-refractivity contribution in [2.75, 3.05) is 13.1 Å². The van der Waals surface area contributed by atoms with Crippen molar-refractivity contribution in [2.45, 2.75) is 52.2 Å². The molecule has 2 aromatic rings. The second-order valence-corrected chi connectivity index (χ2v) is 11.3. The molecule has 0 spiro atoms. The molecular weight excluding hydrogens is 520 g/mol. The molecule has 7 nitrogen and oxygen atoms in total. The zero-order valence-electron chi connectivity index (χ0n) is 22.0. The van der Waals surface area contributed by atoms with Crippen LogP contribution in [0.15, 0.2) is 65.2 Å². The van der Waals surface area contributed by atoms with Gasteiger partial charge in [0.1, 0.15) is 12.1 Å². The van der Waals surface area contributed by atoms with Crippen LogP contribution in [0.1, 0.15) is 37.9 Å². The summed E-state index contributed by atoms with van der Waals surface area (Å²) in [4.78, 5) is 48.8. The highest BCUT2D eigenvalue weighted by Crippen LogP contribution is 2.32. The second kappa shape index (κ2) is 11.7. The first kappa shape index (κ1) is 27.8. The van der Waals surface area contributed by atoms with Crippen LogP contribution in [0.25, 0.3) is 10.4 Å². The van der Waals surface area contributed by atoms with E-state index in [1.165, 1.54) is 11.0 Å². The van der Waals surface area contributed by atoms with Crippen LogP contribution >= 0.6 is 22.9 Å². The standard InChI is InChI=1S/C29H33ClN4O3S/c1-6-22-23(18(4)30)15-34(28(22)36)25(17(2)3)29(37)33-13-7-8-24(33)27(35)31-14-20-9-11-21(12-10-20)26-19(5)32-16-38-26/h6,9-12,16-17,24-25H,1,4,7-8,13-15H2,2-3,5H3,(H,31,35). The zero-order valence-corrected chi connectivity index (χ0v) is 23.6. The summed E-state index contributed by atoms with van der Waals surface area (Å²) < 4.78 is 0. The highest BCUT2D eigenvalue weighted by atomic mass is 35.5. The fourth-order valence-electron chi connectivity index (χ4n) is 5.19. The Balaban J connectivity index is 1.43. The number of likely N-dealkylation sites (tertiary alicyclic amines) is 1. The molecule has 4 rings (SSSR count). The molecule has 0 saturated carbocycles. The maximum absolute atomic E-state index is 13.8. The van der Waals surface area contributed by atoms with E-state index in [0.29, 0.717) is 30.7 Å². The van der Waals surface area contributed by atoms with Gasteiger partial charge >= 0.3 is 0 Å². The summed E-state index contributed by atoms with van der Waals surface area (Å²) in [5.74, 6) is -0.861. The van der Waals surface area contributed by atoms with Gasteiger partial charge < -0.3 is 15.1 Å². The van der Waals surface area contributed by atoms with Crippen LogP contribution in [-0.2, 0) is 20.9 Å². The number of hydrogen-bond donors (Lipinski definition) is 1. The largest absolute Gasteiger partial charge is 0.350 e. The third kappa shape index (κ3) is 5.47. The van der Waals surface area contributed by atoms with Crippen LogP contribution in [0.5, 0.6) is 0 Å². The SMILES string of the molecule is C=CC1=C(C(=C)Cl)CN(C(C(=O)N2CCCC2C(=O)NCc2ccc(-c3scnc3C)cc2)C(C)C)C1=O. The summed E-state index contributed by atoms with van der Waals surface area (Å²) in [6.07, 6.45) is 2.77. The fraction of sp³-hybridized carbons (Fsp3) is 0.379. The van der Waals surface area contributed by atoms with Crippen molar-refractivity contribution in [1.82, 2.24) is 20.1 Å². The number of carbonyl (C=O) groups is 3. The maximum Gasteiger partial charge on any atom is 0.255 e. The van der Waals surface area contributed by atoms with E-state index in [9.17, 15) is 14.4 Å². The van der Waals surface area contributed by atoms with Crippen LogP contribution in [0.3, 0.4) is 0 Å². The van der Waals surface area contributed by atoms with Gasteiger partial charge in [0.25, 0.3) is 5.91 Å². The minimum Gasteiger partial charge on any atom is -0.350 e. The van der Waals surface area contributed by atoms with E-state index in [4.69, 9.17) is 11.6 Å². The molecule has 9 heteroatoms. The maximum atomic E-state index is 13.8. The van der Waals surface area contributed by atoms with Crippen LogP contribution in [0, 0.1) is 12.8 Å². The van der Waals surface area contributed by atoms with E-state index >= 15 is 0 Å². The Morgan fingerprint density at radius 3 is 2.55 bits per heavy atom. The first-order valence-corrected chi connectivity index (χ1v) is 14.0. The molecule has 0 aliphatic carbocycles. The lowest BCUT2D eigenvalue weighted by molar-refractivity contribution is -0.147. The molecule has 1 N–H and O–H groups in total. The predicted molar refractivity (Wildman–Crippen MR) is 151 cm³/mol. The van der Waals surface area contributed by atoms with Crippen molar-refractivity contribution < 1.29 is 14.4 Å². The predicted octanol–water partition coefficient (Wildman–Crippen LogP) is 4.83. The lowest BCUT2D eigenvalue weighted by atomic mass is 10.00. The molecule has 2 aliphatic heterocycles. The normalized spacial score (nSPS) is 18.3. The summed E-state index contributed by atoms with van der Waals surface area (Å²) in [6, 6.07) is 6.75. The third-order valence-corrected chi connectivity index (χ3v) is 8.37. The molecule has 200 valence electrons. The minimum atomic E-state index is -0.720. The van der Waals surface area contributed by atoms with Gasteiger partial charge in [0, 0.05) is 35.8 Å². The van der Waals surface area contributed by atoms with Crippen LogP contribution in [0.4, 0.5) is 0 Å². The number of nitrogens with zero attached hydrogens (tertiary/aromatic N) is 3. The van der Waals surface area contributed by atoms with E-state index in [1.54, 1.807) is 16.2 Å². The molecule has 0 bridgehead atoms. The topological polar surface area (TPSA) is 82.6 Å². The molecule has 0 radical (unpaired) electrons. The van der Waals surface area contributed by atoms with Gasteiger partial charge in [-0.3, -0.25) is 14.4 Å². The number of carbonyl (C=O) groups excluding carboxylic acids is 3. The molecule has 3 heterocycles. The molecule has 2 atom stereocenters. The second-order valence-electron chi connectivity index (χ2n) is 9.99. The van der Waals surface area contributed by atoms with Crippen LogP contribution in [0.2, 0.25) is 0 Å². The third-order valence-electron chi connectivity index (χ3n) is 7.16. The number of benzene rings is 1. The van der Waals surface area contributed by atoms with Crippen molar-refractivity contribution in [3.8, 4) is 10.4 Å². The lowest BCUT2D eigenvalue weighted by Gasteiger charge is -2.35. The molecule has 2 unspecified atom stereocenters. The van der Waals surface area contributed by atoms with Gasteiger partial charge in [-0.25, -0.2) is 4.98 Å². The molecule has 2 aliphatic rings. The quantitative estimate of drug-likeness (QED) is 0.483. The van der Waals surface area contributed by atoms with Crippen LogP contribution in [-0.4, -0.2) is 57.7 Å². The van der Waals surface area contributed by atoms with Gasteiger partial charge in [0.05, 0.1) is 16.1 Å². The van der Waals surface area contributed by atoms with Crippen molar-refractivity contribution in [1.29, 1.82) is 0 Å². The molecule has 3 amide bonds. The van der Waals surface area contributed by atoms with E-state index in [0.717, 1.165) is 28.1 Å². The fourth-order valence-corrected chi connectivity index (χ4v) is 6.16. The lowest BCUT2D eigenvalue weighted by Crippen LogP contribution is -2.55. The summed E-state index contributed by atoms with van der Waals surface area (Å²) in [5.41, 5.74) is 5.85. The Morgan fingerprint density at radius 1 is 1.29 bits per heavy atom. The first-order chi connectivity index (χ1) is 18.1. The average molecular weight is 553 g/mol. The number of thiazole rings is 1. The monoisotopic (exact) mass is 552 g/mol. The molecule has 1 fully saturated rings. The van der Waals surface area contributed by atoms with E-state index in [-0.39, 0.29) is 35.2 Å². The Morgan fingerprint density at radius 2 is 2.00 bits per heavy atom. The number of aromatic nitrogens is 1. The summed E-state index contributed by atoms with van der Waals surface area (Å²) >= 11 is 7.74. The zero-order chi connectivity index (χ0) is 27.6. The van der Waals surface area contributed by atoms with Gasteiger partial charge in [0.2, 0.25) is 11.8 Å². The first-order valence-electron chi connectivity index (χ1n) is 12.7. The van der Waals surface area contributed by atoms with Gasteiger partial charge in [-0.2, -0.15) is 0 Å². The van der Waals surface area contributed by atoms with Crippen molar-refractivity contribution >= 4 is 40.7 Å². The van der Waals surface area contributed by atoms with Gasteiger partial charge in [-0.1, -0.05) is 68.9 Å².